The molecular formula is C67H64N4O. The molecule has 0 fully saturated rings. The molecule has 358 valence electrons. The zero-order chi connectivity index (χ0) is 50.1. The highest BCUT2D eigenvalue weighted by Crippen LogP contribution is 2.51. The Bertz CT molecular complexity index is 3640. The summed E-state index contributed by atoms with van der Waals surface area (Å²) in [6.45, 7) is 23.3. The predicted molar refractivity (Wildman–Crippen MR) is 304 cm³/mol. The lowest BCUT2D eigenvalue weighted by atomic mass is 9.86. The minimum absolute atomic E-state index is 0.00750. The topological polar surface area (TPSA) is 33.5 Å². The summed E-state index contributed by atoms with van der Waals surface area (Å²) >= 11 is 0. The predicted octanol–water partition coefficient (Wildman–Crippen LogP) is 18.4. The molecule has 2 aromatic heterocycles. The molecular weight excluding hydrogens is 877 g/mol. The average Bonchev–Trinajstić information content (AvgIpc) is 3.91. The Hall–Kier alpha value is -7.89. The molecule has 5 nitrogen and oxygen atoms in total. The van der Waals surface area contributed by atoms with Crippen molar-refractivity contribution in [1.82, 2.24) is 9.55 Å². The van der Waals surface area contributed by atoms with E-state index in [1.54, 1.807) is 0 Å². The van der Waals surface area contributed by atoms with E-state index in [1.807, 2.05) is 6.20 Å². The van der Waals surface area contributed by atoms with E-state index in [0.717, 1.165) is 61.9 Å². The Balaban J connectivity index is 1.02. The second-order valence-electron chi connectivity index (χ2n) is 22.7. The van der Waals surface area contributed by atoms with Gasteiger partial charge in [-0.05, 0) is 117 Å². The zero-order valence-electron chi connectivity index (χ0n) is 43.4. The van der Waals surface area contributed by atoms with Gasteiger partial charge in [0.15, 0.2) is 0 Å². The van der Waals surface area contributed by atoms with Crippen LogP contribution in [0.15, 0.2) is 194 Å². The lowest BCUT2D eigenvalue weighted by molar-refractivity contribution is 0.479. The van der Waals surface area contributed by atoms with Gasteiger partial charge in [-0.1, -0.05) is 184 Å². The van der Waals surface area contributed by atoms with Crippen molar-refractivity contribution in [1.29, 1.82) is 0 Å². The van der Waals surface area contributed by atoms with Gasteiger partial charge >= 0.3 is 0 Å². The summed E-state index contributed by atoms with van der Waals surface area (Å²) in [5, 5.41) is 2.36. The number of aromatic nitrogens is 2. The summed E-state index contributed by atoms with van der Waals surface area (Å²) in [5.74, 6) is 2.43. The van der Waals surface area contributed by atoms with Gasteiger partial charge in [-0.25, -0.2) is 4.98 Å². The number of hydrogen-bond acceptors (Lipinski definition) is 4. The molecule has 0 bridgehead atoms. The van der Waals surface area contributed by atoms with E-state index in [1.165, 1.54) is 55.6 Å². The lowest BCUT2D eigenvalue weighted by Crippen LogP contribution is -2.25. The monoisotopic (exact) mass is 941 g/mol. The van der Waals surface area contributed by atoms with Gasteiger partial charge in [-0.3, -0.25) is 4.57 Å². The van der Waals surface area contributed by atoms with Crippen LogP contribution in [0.2, 0.25) is 0 Å². The van der Waals surface area contributed by atoms with Gasteiger partial charge in [0.25, 0.3) is 0 Å². The van der Waals surface area contributed by atoms with Gasteiger partial charge in [0.05, 0.1) is 28.1 Å². The molecule has 0 unspecified atom stereocenters. The van der Waals surface area contributed by atoms with Crippen LogP contribution in [0.4, 0.5) is 22.7 Å². The standard InChI is InChI=1S/C67H64N4O/c1-44-36-63(68-42-58(44)46-22-15-12-16-23-46)71-59-35-32-49(66(5,6)7)39-57(59)56-34-33-52(41-62(56)71)72-53-38-50(67(8,9)10)37-51(40-53)69-43-70(61-27-18-17-26-60(61)69)64-54(45-20-13-11-14-21-45)24-19-25-55(64)47-28-30-48(31-29-47)65(2,3)4/h11-42H,43H2,1-10H3. The normalized spacial score (nSPS) is 13.0. The lowest BCUT2D eigenvalue weighted by Gasteiger charge is -2.28. The van der Waals surface area contributed by atoms with E-state index in [-0.39, 0.29) is 16.2 Å². The SMILES string of the molecule is Cc1cc(-n2c3ccc(C(C)(C)C)cc3c3ccc(Oc4cc(N5CN(c6c(-c7ccccc7)cccc6-c6ccc(C(C)(C)C)cc6)c6ccccc65)cc(C(C)(C)C)c4)cc32)ncc1-c1ccccc1. The highest BCUT2D eigenvalue weighted by atomic mass is 16.5. The first kappa shape index (κ1) is 46.5. The zero-order valence-corrected chi connectivity index (χ0v) is 43.4. The minimum atomic E-state index is -0.157. The first-order chi connectivity index (χ1) is 34.5. The van der Waals surface area contributed by atoms with E-state index >= 15 is 0 Å². The molecule has 72 heavy (non-hydrogen) atoms. The number of ether oxygens (including phenoxy) is 1. The van der Waals surface area contributed by atoms with E-state index in [2.05, 4.69) is 272 Å². The maximum absolute atomic E-state index is 7.10. The molecule has 3 heterocycles. The van der Waals surface area contributed by atoms with Crippen LogP contribution in [0.25, 0.3) is 61.0 Å². The van der Waals surface area contributed by atoms with Gasteiger partial charge in [0.2, 0.25) is 0 Å². The number of fused-ring (bicyclic) bond motifs is 4. The molecule has 8 aromatic carbocycles. The van der Waals surface area contributed by atoms with Crippen molar-refractivity contribution in [3.8, 4) is 50.7 Å². The average molecular weight is 941 g/mol. The van der Waals surface area contributed by atoms with Crippen LogP contribution in [-0.2, 0) is 16.2 Å². The Morgan fingerprint density at radius 1 is 0.431 bits per heavy atom. The summed E-state index contributed by atoms with van der Waals surface area (Å²) in [6.07, 6.45) is 2.02. The molecule has 0 saturated heterocycles. The second-order valence-corrected chi connectivity index (χ2v) is 22.7. The Kier molecular flexibility index (Phi) is 11.5. The smallest absolute Gasteiger partial charge is 0.137 e. The maximum Gasteiger partial charge on any atom is 0.137 e. The van der Waals surface area contributed by atoms with Crippen LogP contribution in [-0.4, -0.2) is 16.2 Å². The highest BCUT2D eigenvalue weighted by Gasteiger charge is 2.33. The van der Waals surface area contributed by atoms with Crippen molar-refractivity contribution in [3.63, 3.8) is 0 Å². The molecule has 1 aliphatic heterocycles. The van der Waals surface area contributed by atoms with Crippen molar-refractivity contribution in [2.24, 2.45) is 0 Å². The molecule has 10 aromatic rings. The first-order valence-electron chi connectivity index (χ1n) is 25.4. The molecule has 0 saturated carbocycles. The van der Waals surface area contributed by atoms with E-state index in [4.69, 9.17) is 9.72 Å². The molecule has 0 atom stereocenters. The van der Waals surface area contributed by atoms with E-state index in [0.29, 0.717) is 6.67 Å². The van der Waals surface area contributed by atoms with Gasteiger partial charge in [0, 0.05) is 51.5 Å². The molecule has 11 rings (SSSR count). The third-order valence-corrected chi connectivity index (χ3v) is 14.5. The van der Waals surface area contributed by atoms with Gasteiger partial charge in [-0.15, -0.1) is 0 Å². The largest absolute Gasteiger partial charge is 0.457 e. The van der Waals surface area contributed by atoms with E-state index in [9.17, 15) is 0 Å². The Morgan fingerprint density at radius 2 is 1.01 bits per heavy atom. The first-order valence-corrected chi connectivity index (χ1v) is 25.4. The number of rotatable bonds is 8. The number of aryl methyl sites for hydroxylation is 1. The van der Waals surface area contributed by atoms with Crippen molar-refractivity contribution in [3.05, 3.63) is 217 Å². The summed E-state index contributed by atoms with van der Waals surface area (Å²) < 4.78 is 9.41. The summed E-state index contributed by atoms with van der Waals surface area (Å²) in [6, 6.07) is 68.5. The van der Waals surface area contributed by atoms with Gasteiger partial charge in [0.1, 0.15) is 24.0 Å². The quantitative estimate of drug-likeness (QED) is 0.152. The van der Waals surface area contributed by atoms with Crippen LogP contribution in [0.1, 0.15) is 84.6 Å². The summed E-state index contributed by atoms with van der Waals surface area (Å²) in [4.78, 5) is 10.1. The Labute approximate surface area is 426 Å². The number of hydrogen-bond donors (Lipinski definition) is 0. The molecule has 0 aliphatic carbocycles. The van der Waals surface area contributed by atoms with Crippen LogP contribution in [0, 0.1) is 6.92 Å². The number of anilines is 4. The summed E-state index contributed by atoms with van der Waals surface area (Å²) in [7, 11) is 0. The fourth-order valence-electron chi connectivity index (χ4n) is 10.4. The molecule has 0 N–H and O–H groups in total. The van der Waals surface area contributed by atoms with Crippen LogP contribution in [0.3, 0.4) is 0 Å². The van der Waals surface area contributed by atoms with Crippen LogP contribution >= 0.6 is 0 Å². The third kappa shape index (κ3) is 8.61. The maximum atomic E-state index is 7.10. The van der Waals surface area contributed by atoms with Crippen LogP contribution < -0.4 is 14.5 Å². The molecule has 0 radical (unpaired) electrons. The minimum Gasteiger partial charge on any atom is -0.457 e. The fraction of sp³-hybridized carbons (Fsp3) is 0.209. The van der Waals surface area contributed by atoms with Gasteiger partial charge < -0.3 is 14.5 Å². The number of benzene rings is 8. The van der Waals surface area contributed by atoms with Gasteiger partial charge in [-0.2, -0.15) is 0 Å². The Morgan fingerprint density at radius 3 is 1.64 bits per heavy atom. The molecule has 1 aliphatic rings. The highest BCUT2D eigenvalue weighted by molar-refractivity contribution is 6.10. The third-order valence-electron chi connectivity index (χ3n) is 14.5. The van der Waals surface area contributed by atoms with Crippen molar-refractivity contribution in [2.45, 2.75) is 85.5 Å². The summed E-state index contributed by atoms with van der Waals surface area (Å²) in [5.41, 5.74) is 18.6. The molecule has 0 spiro atoms. The van der Waals surface area contributed by atoms with Crippen LogP contribution in [0.5, 0.6) is 11.5 Å². The number of pyridine rings is 1. The van der Waals surface area contributed by atoms with E-state index < -0.39 is 0 Å². The molecule has 5 heteroatoms. The van der Waals surface area contributed by atoms with Crippen molar-refractivity contribution >= 4 is 44.6 Å². The number of para-hydroxylation sites is 3. The molecule has 0 amide bonds. The van der Waals surface area contributed by atoms with Crippen molar-refractivity contribution < 1.29 is 4.74 Å². The van der Waals surface area contributed by atoms with Crippen molar-refractivity contribution in [2.75, 3.05) is 16.5 Å². The number of nitrogens with zero attached hydrogens (tertiary/aromatic N) is 4. The fourth-order valence-corrected chi connectivity index (χ4v) is 10.4. The second kappa shape index (κ2) is 17.8.